The number of nitrogen functional groups attached to an aromatic ring is 2. The highest BCUT2D eigenvalue weighted by molar-refractivity contribution is 8.10. The summed E-state index contributed by atoms with van der Waals surface area (Å²) in [6.07, 6.45) is -13.7. The van der Waals surface area contributed by atoms with Gasteiger partial charge in [-0.25, -0.2) is 16.8 Å². The zero-order valence-electron chi connectivity index (χ0n) is 15.8. The fourth-order valence-electron chi connectivity index (χ4n) is 3.05. The van der Waals surface area contributed by atoms with Gasteiger partial charge in [0.2, 0.25) is 19.7 Å². The number of hydrogen-bond donors (Lipinski definition) is 2. The van der Waals surface area contributed by atoms with Crippen LogP contribution in [0.1, 0.15) is 11.1 Å². The third-order valence-corrected chi connectivity index (χ3v) is 10.1. The number of benzene rings is 2. The molecule has 6 nitrogen and oxygen atoms in total. The first kappa shape index (κ1) is 24.8. The lowest BCUT2D eigenvalue weighted by Gasteiger charge is -2.36. The molecule has 0 unspecified atom stereocenters. The Hall–Kier alpha value is -2.48. The highest BCUT2D eigenvalue weighted by Gasteiger charge is 2.86. The van der Waals surface area contributed by atoms with E-state index in [0.717, 1.165) is 24.3 Å². The molecule has 0 fully saturated rings. The molecule has 0 aromatic heterocycles. The lowest BCUT2D eigenvalue weighted by molar-refractivity contribution is -0.240. The Bertz CT molecular complexity index is 1140. The molecule has 2 rings (SSSR count). The Labute approximate surface area is 173 Å². The molecule has 0 saturated heterocycles. The van der Waals surface area contributed by atoms with Gasteiger partial charge in [-0.2, -0.15) is 26.3 Å². The molecule has 14 heteroatoms. The van der Waals surface area contributed by atoms with E-state index >= 15 is 0 Å². The molecular weight excluding hydrogens is 474 g/mol. The summed E-state index contributed by atoms with van der Waals surface area (Å²) in [5.41, 5.74) is 9.24. The van der Waals surface area contributed by atoms with Gasteiger partial charge in [0.25, 0.3) is 0 Å². The average Bonchev–Trinajstić information content (AvgIpc) is 2.50. The van der Waals surface area contributed by atoms with Crippen LogP contribution in [0.15, 0.2) is 46.2 Å². The zero-order valence-corrected chi connectivity index (χ0v) is 17.5. The first-order chi connectivity index (χ1) is 13.8. The molecule has 0 atom stereocenters. The van der Waals surface area contributed by atoms with Crippen LogP contribution in [0, 0.1) is 13.8 Å². The number of sulfone groups is 2. The Morgan fingerprint density at radius 2 is 0.935 bits per heavy atom. The first-order valence-electron chi connectivity index (χ1n) is 8.17. The number of aryl methyl sites for hydroxylation is 2. The molecule has 0 radical (unpaired) electrons. The van der Waals surface area contributed by atoms with Gasteiger partial charge in [0.1, 0.15) is 0 Å². The van der Waals surface area contributed by atoms with Crippen LogP contribution in [0.3, 0.4) is 0 Å². The standard InChI is InChI=1S/C17H16F6N2O4S2/c1-9-3-5-13(11(24)7-9)30(26,27)15(16(18,19)20,17(21,22)23)31(28,29)14-6-4-10(2)8-12(14)25/h3-8H,24-25H2,1-2H3. The molecule has 0 aliphatic carbocycles. The fraction of sp³-hybridized carbons (Fsp3) is 0.294. The molecule has 2 aromatic carbocycles. The summed E-state index contributed by atoms with van der Waals surface area (Å²) in [4.78, 5) is -3.27. The Kier molecular flexibility index (Phi) is 5.83. The monoisotopic (exact) mass is 490 g/mol. The molecule has 0 spiro atoms. The number of rotatable bonds is 4. The highest BCUT2D eigenvalue weighted by atomic mass is 32.3. The Balaban J connectivity index is 3.16. The van der Waals surface area contributed by atoms with Crippen molar-refractivity contribution < 1.29 is 43.2 Å². The van der Waals surface area contributed by atoms with Gasteiger partial charge < -0.3 is 11.5 Å². The minimum Gasteiger partial charge on any atom is -0.398 e. The maximum Gasteiger partial charge on any atom is 0.432 e. The van der Waals surface area contributed by atoms with Crippen molar-refractivity contribution in [2.45, 2.75) is 40.1 Å². The third-order valence-electron chi connectivity index (χ3n) is 4.41. The van der Waals surface area contributed by atoms with Gasteiger partial charge >= 0.3 is 16.4 Å². The van der Waals surface area contributed by atoms with Crippen molar-refractivity contribution in [3.63, 3.8) is 0 Å². The number of anilines is 2. The molecule has 2 aromatic rings. The van der Waals surface area contributed by atoms with Gasteiger partial charge in [-0.3, -0.25) is 0 Å². The van der Waals surface area contributed by atoms with Crippen LogP contribution in [-0.2, 0) is 19.7 Å². The van der Waals surface area contributed by atoms with E-state index in [0.29, 0.717) is 12.1 Å². The van der Waals surface area contributed by atoms with Crippen molar-refractivity contribution in [1.82, 2.24) is 0 Å². The minimum absolute atomic E-state index is 0.215. The van der Waals surface area contributed by atoms with E-state index in [1.165, 1.54) is 13.8 Å². The molecule has 0 aliphatic heterocycles. The maximum absolute atomic E-state index is 14.1. The van der Waals surface area contributed by atoms with Crippen LogP contribution in [0.2, 0.25) is 0 Å². The summed E-state index contributed by atoms with van der Waals surface area (Å²) in [6, 6.07) is 4.15. The Morgan fingerprint density at radius 1 is 0.645 bits per heavy atom. The van der Waals surface area contributed by atoms with Crippen molar-refractivity contribution in [2.24, 2.45) is 0 Å². The maximum atomic E-state index is 14.1. The quantitative estimate of drug-likeness (QED) is 0.500. The summed E-state index contributed by atoms with van der Waals surface area (Å²) in [6.45, 7) is 2.69. The van der Waals surface area contributed by atoms with E-state index < -0.39 is 57.3 Å². The largest absolute Gasteiger partial charge is 0.432 e. The number of alkyl halides is 6. The molecule has 0 heterocycles. The SMILES string of the molecule is Cc1ccc(S(=O)(=O)C(C(F)(F)F)(C(F)(F)F)S(=O)(=O)c2ccc(C)cc2N)c(N)c1. The summed E-state index contributed by atoms with van der Waals surface area (Å²) < 4.78 is 130. The Morgan fingerprint density at radius 3 is 1.16 bits per heavy atom. The third kappa shape index (κ3) is 3.50. The second kappa shape index (κ2) is 7.29. The second-order valence-corrected chi connectivity index (χ2v) is 11.1. The lowest BCUT2D eigenvalue weighted by Crippen LogP contribution is -2.66. The minimum atomic E-state index is -6.86. The molecular formula is C17H16F6N2O4S2. The second-order valence-electron chi connectivity index (χ2n) is 6.70. The van der Waals surface area contributed by atoms with E-state index in [1.54, 1.807) is 0 Å². The molecule has 172 valence electrons. The van der Waals surface area contributed by atoms with E-state index in [4.69, 9.17) is 11.5 Å². The van der Waals surface area contributed by atoms with E-state index in [-0.39, 0.29) is 11.1 Å². The summed E-state index contributed by atoms with van der Waals surface area (Å²) in [5.74, 6) is 0. The molecule has 0 bridgehead atoms. The average molecular weight is 490 g/mol. The van der Waals surface area contributed by atoms with Crippen LogP contribution in [0.4, 0.5) is 37.7 Å². The predicted octanol–water partition coefficient (Wildman–Crippen LogP) is 3.54. The van der Waals surface area contributed by atoms with Crippen molar-refractivity contribution in [1.29, 1.82) is 0 Å². The number of hydrogen-bond acceptors (Lipinski definition) is 6. The van der Waals surface area contributed by atoms with Crippen LogP contribution in [0.25, 0.3) is 0 Å². The molecule has 0 saturated carbocycles. The molecule has 31 heavy (non-hydrogen) atoms. The highest BCUT2D eigenvalue weighted by Crippen LogP contribution is 2.57. The smallest absolute Gasteiger partial charge is 0.398 e. The summed E-state index contributed by atoms with van der Waals surface area (Å²) in [7, 11) is -13.6. The summed E-state index contributed by atoms with van der Waals surface area (Å²) in [5, 5.41) is 0. The molecule has 0 aliphatic rings. The normalized spacial score (nSPS) is 13.9. The van der Waals surface area contributed by atoms with E-state index in [9.17, 15) is 43.2 Å². The van der Waals surface area contributed by atoms with Crippen LogP contribution >= 0.6 is 0 Å². The van der Waals surface area contributed by atoms with Crippen LogP contribution < -0.4 is 11.5 Å². The first-order valence-corrected chi connectivity index (χ1v) is 11.1. The van der Waals surface area contributed by atoms with E-state index in [1.807, 2.05) is 0 Å². The van der Waals surface area contributed by atoms with Crippen molar-refractivity contribution >= 4 is 31.0 Å². The van der Waals surface area contributed by atoms with Gasteiger partial charge in [0.05, 0.1) is 21.2 Å². The van der Waals surface area contributed by atoms with Crippen molar-refractivity contribution in [3.8, 4) is 0 Å². The predicted molar refractivity (Wildman–Crippen MR) is 100 cm³/mol. The van der Waals surface area contributed by atoms with Gasteiger partial charge in [-0.15, -0.1) is 0 Å². The fourth-order valence-corrected chi connectivity index (χ4v) is 7.81. The topological polar surface area (TPSA) is 120 Å². The van der Waals surface area contributed by atoms with Gasteiger partial charge in [-0.1, -0.05) is 12.1 Å². The van der Waals surface area contributed by atoms with Crippen LogP contribution in [0.5, 0.6) is 0 Å². The van der Waals surface area contributed by atoms with Crippen molar-refractivity contribution in [3.05, 3.63) is 47.5 Å². The molecule has 0 amide bonds. The van der Waals surface area contributed by atoms with Gasteiger partial charge in [-0.05, 0) is 49.2 Å². The van der Waals surface area contributed by atoms with Gasteiger partial charge in [0.15, 0.2) is 0 Å². The number of halogens is 6. The zero-order chi connectivity index (χ0) is 24.2. The number of nitrogens with two attached hydrogens (primary N) is 2. The van der Waals surface area contributed by atoms with Crippen molar-refractivity contribution in [2.75, 3.05) is 11.5 Å². The van der Waals surface area contributed by atoms with Gasteiger partial charge in [0, 0.05) is 0 Å². The molecule has 4 N–H and O–H groups in total. The lowest BCUT2D eigenvalue weighted by atomic mass is 10.2. The van der Waals surface area contributed by atoms with Crippen LogP contribution in [-0.4, -0.2) is 33.3 Å². The summed E-state index contributed by atoms with van der Waals surface area (Å²) >= 11 is 0. The van der Waals surface area contributed by atoms with E-state index in [2.05, 4.69) is 0 Å².